The smallest absolute Gasteiger partial charge is 0.405 e. The molecule has 0 spiro atoms. The maximum absolute atomic E-state index is 12.7. The summed E-state index contributed by atoms with van der Waals surface area (Å²) in [4.78, 5) is 27.7. The number of rotatable bonds is 4. The van der Waals surface area contributed by atoms with Gasteiger partial charge >= 0.3 is 12.4 Å². The molecule has 2 atom stereocenters. The van der Waals surface area contributed by atoms with Gasteiger partial charge in [0.25, 0.3) is 0 Å². The van der Waals surface area contributed by atoms with E-state index in [1.807, 2.05) is 0 Å². The van der Waals surface area contributed by atoms with Gasteiger partial charge in [-0.3, -0.25) is 4.79 Å². The van der Waals surface area contributed by atoms with Crippen LogP contribution in [0.25, 0.3) is 0 Å². The van der Waals surface area contributed by atoms with Crippen molar-refractivity contribution in [2.75, 3.05) is 32.8 Å². The monoisotopic (exact) mass is 428 g/mol. The third-order valence-corrected chi connectivity index (χ3v) is 5.67. The van der Waals surface area contributed by atoms with Gasteiger partial charge in [-0.2, -0.15) is 0 Å². The van der Waals surface area contributed by atoms with Gasteiger partial charge in [-0.05, 0) is 12.5 Å². The molecule has 0 bridgehead atoms. The molecule has 0 N–H and O–H groups in total. The van der Waals surface area contributed by atoms with E-state index in [-0.39, 0.29) is 48.9 Å². The molecule has 3 aliphatic heterocycles. The van der Waals surface area contributed by atoms with Crippen LogP contribution in [0.2, 0.25) is 0 Å². The van der Waals surface area contributed by atoms with Crippen molar-refractivity contribution in [3.63, 3.8) is 0 Å². The highest BCUT2D eigenvalue weighted by Gasteiger charge is 2.40. The Morgan fingerprint density at radius 1 is 1.17 bits per heavy atom. The van der Waals surface area contributed by atoms with Gasteiger partial charge in [-0.15, -0.1) is 13.2 Å². The van der Waals surface area contributed by atoms with E-state index >= 15 is 0 Å². The van der Waals surface area contributed by atoms with E-state index in [0.29, 0.717) is 44.6 Å². The molecule has 0 aromatic heterocycles. The largest absolute Gasteiger partial charge is 0.573 e. The summed E-state index contributed by atoms with van der Waals surface area (Å²) < 4.78 is 52.7. The summed E-state index contributed by atoms with van der Waals surface area (Å²) in [5, 5.41) is 0. The third kappa shape index (κ3) is 4.86. The van der Waals surface area contributed by atoms with E-state index in [1.54, 1.807) is 15.9 Å². The lowest BCUT2D eigenvalue weighted by molar-refractivity contribution is -0.275. The molecule has 3 aliphatic rings. The van der Waals surface area contributed by atoms with Gasteiger partial charge in [-0.1, -0.05) is 18.2 Å². The highest BCUT2D eigenvalue weighted by atomic mass is 19.4. The van der Waals surface area contributed by atoms with Crippen molar-refractivity contribution in [2.45, 2.75) is 38.0 Å². The maximum atomic E-state index is 12.7. The minimum Gasteiger partial charge on any atom is -0.405 e. The molecule has 30 heavy (non-hydrogen) atoms. The summed E-state index contributed by atoms with van der Waals surface area (Å²) in [6, 6.07) is 5.73. The molecule has 1 aromatic carbocycles. The Morgan fingerprint density at radius 3 is 2.70 bits per heavy atom. The Morgan fingerprint density at radius 2 is 1.93 bits per heavy atom. The molecule has 3 saturated heterocycles. The van der Waals surface area contributed by atoms with Crippen LogP contribution in [-0.2, 0) is 20.9 Å². The van der Waals surface area contributed by atoms with Gasteiger partial charge in [0.05, 0.1) is 31.9 Å². The number of benzene rings is 1. The van der Waals surface area contributed by atoms with Crippen LogP contribution in [0, 0.1) is 5.92 Å². The molecule has 10 heteroatoms. The number of urea groups is 1. The molecule has 0 aliphatic carbocycles. The summed E-state index contributed by atoms with van der Waals surface area (Å²) in [6.07, 6.45) is -3.81. The minimum atomic E-state index is -4.77. The van der Waals surface area contributed by atoms with Gasteiger partial charge < -0.3 is 24.0 Å². The number of alkyl halides is 3. The lowest BCUT2D eigenvalue weighted by Crippen LogP contribution is -2.61. The SMILES string of the molecule is O=C1CO[C@H]2CCN(C(=O)N3CC(OCc4ccccc4OC(F)(F)F)C3)C[C@H]2C1. The van der Waals surface area contributed by atoms with Crippen LogP contribution < -0.4 is 4.74 Å². The lowest BCUT2D eigenvalue weighted by Gasteiger charge is -2.45. The van der Waals surface area contributed by atoms with Crippen molar-refractivity contribution in [2.24, 2.45) is 5.92 Å². The first kappa shape index (κ1) is 20.9. The topological polar surface area (TPSA) is 68.3 Å². The number of hydrogen-bond acceptors (Lipinski definition) is 5. The normalized spacial score (nSPS) is 25.0. The number of halogens is 3. The van der Waals surface area contributed by atoms with Crippen LogP contribution in [0.15, 0.2) is 24.3 Å². The average molecular weight is 428 g/mol. The van der Waals surface area contributed by atoms with Crippen LogP contribution in [0.5, 0.6) is 5.75 Å². The number of carbonyl (C=O) groups excluding carboxylic acids is 2. The Kier molecular flexibility index (Phi) is 5.88. The molecule has 3 heterocycles. The molecule has 0 saturated carbocycles. The van der Waals surface area contributed by atoms with Crippen LogP contribution in [0.1, 0.15) is 18.4 Å². The quantitative estimate of drug-likeness (QED) is 0.738. The number of carbonyl (C=O) groups is 2. The zero-order valence-electron chi connectivity index (χ0n) is 16.3. The van der Waals surface area contributed by atoms with Crippen molar-refractivity contribution in [1.29, 1.82) is 0 Å². The Balaban J connectivity index is 1.24. The van der Waals surface area contributed by atoms with Crippen LogP contribution >= 0.6 is 0 Å². The van der Waals surface area contributed by atoms with Crippen molar-refractivity contribution >= 4 is 11.8 Å². The first-order valence-corrected chi connectivity index (χ1v) is 9.91. The molecular weight excluding hydrogens is 405 g/mol. The first-order chi connectivity index (χ1) is 14.3. The standard InChI is InChI=1S/C20H23F3N2O5/c21-20(22,23)30-18-4-2-1-3-13(18)11-28-16-9-25(10-16)19(27)24-6-5-17-14(8-24)7-15(26)12-29-17/h1-4,14,16-17H,5-12H2/t14-,17+/m1/s1. The fourth-order valence-corrected chi connectivity index (χ4v) is 4.11. The second kappa shape index (κ2) is 8.43. The minimum absolute atomic E-state index is 0.0358. The predicted molar refractivity (Wildman–Crippen MR) is 97.7 cm³/mol. The molecular formula is C20H23F3N2O5. The predicted octanol–water partition coefficient (Wildman–Crippen LogP) is 2.59. The van der Waals surface area contributed by atoms with Gasteiger partial charge in [-0.25, -0.2) is 4.79 Å². The fraction of sp³-hybridized carbons (Fsp3) is 0.600. The molecule has 2 amide bonds. The Labute approximate surface area is 171 Å². The number of piperidine rings is 1. The van der Waals surface area contributed by atoms with Crippen LogP contribution in [0.3, 0.4) is 0 Å². The summed E-state index contributed by atoms with van der Waals surface area (Å²) in [7, 11) is 0. The molecule has 1 aromatic rings. The van der Waals surface area contributed by atoms with Gasteiger partial charge in [0.2, 0.25) is 0 Å². The van der Waals surface area contributed by atoms with E-state index in [1.165, 1.54) is 18.2 Å². The number of ether oxygens (including phenoxy) is 3. The Hall–Kier alpha value is -2.33. The number of nitrogens with zero attached hydrogens (tertiary/aromatic N) is 2. The number of Topliss-reactive ketones (excluding diaryl/α,β-unsaturated/α-hetero) is 1. The highest BCUT2D eigenvalue weighted by Crippen LogP contribution is 2.30. The highest BCUT2D eigenvalue weighted by molar-refractivity contribution is 5.81. The molecule has 7 nitrogen and oxygen atoms in total. The van der Waals surface area contributed by atoms with Crippen molar-refractivity contribution < 1.29 is 37.0 Å². The second-order valence-electron chi connectivity index (χ2n) is 7.86. The number of ketones is 1. The number of para-hydroxylation sites is 1. The number of fused-ring (bicyclic) bond motifs is 1. The summed E-state index contributed by atoms with van der Waals surface area (Å²) in [5.74, 6) is -0.176. The maximum Gasteiger partial charge on any atom is 0.573 e. The zero-order valence-corrected chi connectivity index (χ0v) is 16.3. The van der Waals surface area contributed by atoms with Gasteiger partial charge in [0, 0.05) is 31.0 Å². The third-order valence-electron chi connectivity index (χ3n) is 5.67. The number of likely N-dealkylation sites (tertiary alicyclic amines) is 2. The van der Waals surface area contributed by atoms with Crippen LogP contribution in [-0.4, -0.2) is 73.0 Å². The Bertz CT molecular complexity index is 797. The van der Waals surface area contributed by atoms with Gasteiger partial charge in [0.1, 0.15) is 12.4 Å². The summed E-state index contributed by atoms with van der Waals surface area (Å²) in [6.45, 7) is 1.96. The first-order valence-electron chi connectivity index (χ1n) is 9.91. The molecule has 3 fully saturated rings. The second-order valence-corrected chi connectivity index (χ2v) is 7.86. The molecule has 4 rings (SSSR count). The molecule has 0 unspecified atom stereocenters. The van der Waals surface area contributed by atoms with E-state index < -0.39 is 6.36 Å². The van der Waals surface area contributed by atoms with Crippen molar-refractivity contribution in [3.8, 4) is 5.75 Å². The van der Waals surface area contributed by atoms with Gasteiger partial charge in [0.15, 0.2) is 5.78 Å². The summed E-state index contributed by atoms with van der Waals surface area (Å²) in [5.41, 5.74) is 0.295. The molecule has 164 valence electrons. The van der Waals surface area contributed by atoms with E-state index in [2.05, 4.69) is 4.74 Å². The van der Waals surface area contributed by atoms with Crippen molar-refractivity contribution in [3.05, 3.63) is 29.8 Å². The average Bonchev–Trinajstić information content (AvgIpc) is 2.66. The fourth-order valence-electron chi connectivity index (χ4n) is 4.11. The molecule has 0 radical (unpaired) electrons. The zero-order chi connectivity index (χ0) is 21.3. The van der Waals surface area contributed by atoms with E-state index in [9.17, 15) is 22.8 Å². The number of amides is 2. The van der Waals surface area contributed by atoms with E-state index in [0.717, 1.165) is 0 Å². The van der Waals surface area contributed by atoms with E-state index in [4.69, 9.17) is 9.47 Å². The summed E-state index contributed by atoms with van der Waals surface area (Å²) >= 11 is 0. The number of hydrogen-bond donors (Lipinski definition) is 0. The van der Waals surface area contributed by atoms with Crippen LogP contribution in [0.4, 0.5) is 18.0 Å². The lowest BCUT2D eigenvalue weighted by atomic mass is 9.88. The van der Waals surface area contributed by atoms with Crippen molar-refractivity contribution in [1.82, 2.24) is 9.80 Å².